The van der Waals surface area contributed by atoms with Gasteiger partial charge in [0.05, 0.1) is 11.6 Å². The largest absolute Gasteiger partial charge is 0.488 e. The Morgan fingerprint density at radius 2 is 2.11 bits per heavy atom. The van der Waals surface area contributed by atoms with Crippen LogP contribution in [-0.2, 0) is 11.9 Å². The molecule has 0 aromatic heterocycles. The van der Waals surface area contributed by atoms with Gasteiger partial charge in [-0.1, -0.05) is 33.6 Å². The molecule has 0 spiro atoms. The van der Waals surface area contributed by atoms with Gasteiger partial charge in [0, 0.05) is 15.9 Å². The maximum absolute atomic E-state index is 8.93. The smallest absolute Gasteiger partial charge is 0.128 e. The van der Waals surface area contributed by atoms with E-state index in [1.165, 1.54) is 0 Å². The molecule has 0 amide bonds. The van der Waals surface area contributed by atoms with Gasteiger partial charge in [-0.25, -0.2) is 0 Å². The van der Waals surface area contributed by atoms with Crippen molar-refractivity contribution in [2.45, 2.75) is 11.9 Å². The molecule has 0 aliphatic carbocycles. The summed E-state index contributed by atoms with van der Waals surface area (Å²) in [5.41, 5.74) is 4.75. The van der Waals surface area contributed by atoms with Gasteiger partial charge >= 0.3 is 0 Å². The van der Waals surface area contributed by atoms with Crippen molar-refractivity contribution in [3.8, 4) is 22.9 Å². The molecule has 1 aliphatic heterocycles. The summed E-state index contributed by atoms with van der Waals surface area (Å²) >= 11 is 9.66. The molecule has 3 rings (SSSR count). The molecule has 0 bridgehead atoms. The van der Waals surface area contributed by atoms with Crippen LogP contribution in [0.3, 0.4) is 0 Å². The van der Waals surface area contributed by atoms with Crippen LogP contribution in [0.1, 0.15) is 16.7 Å². The highest BCUT2D eigenvalue weighted by molar-refractivity contribution is 9.08. The topological polar surface area (TPSA) is 33.0 Å². The summed E-state index contributed by atoms with van der Waals surface area (Å²) < 4.78 is 5.76. The van der Waals surface area contributed by atoms with Gasteiger partial charge in [-0.3, -0.25) is 0 Å². The Balaban J connectivity index is 2.19. The lowest BCUT2D eigenvalue weighted by molar-refractivity contribution is 0.302. The SMILES string of the molecule is N#Cc1ccc2c(c1)COc1cc(CBr)c(Cl)cc1-2. The van der Waals surface area contributed by atoms with Crippen LogP contribution >= 0.6 is 27.5 Å². The molecule has 0 unspecified atom stereocenters. The Kier molecular flexibility index (Phi) is 3.22. The van der Waals surface area contributed by atoms with Crippen molar-refractivity contribution >= 4 is 27.5 Å². The van der Waals surface area contributed by atoms with E-state index in [2.05, 4.69) is 22.0 Å². The molecular weight excluding hydrogens is 326 g/mol. The average Bonchev–Trinajstić information content (AvgIpc) is 2.45. The Morgan fingerprint density at radius 3 is 2.84 bits per heavy atom. The fourth-order valence-corrected chi connectivity index (χ4v) is 3.08. The van der Waals surface area contributed by atoms with Gasteiger partial charge < -0.3 is 4.74 Å². The van der Waals surface area contributed by atoms with E-state index in [0.29, 0.717) is 17.5 Å². The van der Waals surface area contributed by atoms with E-state index in [1.54, 1.807) is 0 Å². The van der Waals surface area contributed by atoms with Crippen molar-refractivity contribution in [2.24, 2.45) is 0 Å². The number of halogens is 2. The fourth-order valence-electron chi connectivity index (χ4n) is 2.23. The zero-order valence-corrected chi connectivity index (χ0v) is 12.3. The van der Waals surface area contributed by atoms with Crippen molar-refractivity contribution in [1.82, 2.24) is 0 Å². The van der Waals surface area contributed by atoms with E-state index in [-0.39, 0.29) is 0 Å². The summed E-state index contributed by atoms with van der Waals surface area (Å²) in [5, 5.41) is 10.3. The van der Waals surface area contributed by atoms with E-state index in [9.17, 15) is 0 Å². The Morgan fingerprint density at radius 1 is 1.26 bits per heavy atom. The van der Waals surface area contributed by atoms with Crippen LogP contribution in [0, 0.1) is 11.3 Å². The van der Waals surface area contributed by atoms with E-state index >= 15 is 0 Å². The summed E-state index contributed by atoms with van der Waals surface area (Å²) in [7, 11) is 0. The summed E-state index contributed by atoms with van der Waals surface area (Å²) in [6, 6.07) is 11.7. The van der Waals surface area contributed by atoms with Gasteiger partial charge in [0.15, 0.2) is 0 Å². The fraction of sp³-hybridized carbons (Fsp3) is 0.133. The summed E-state index contributed by atoms with van der Waals surface area (Å²) in [5.74, 6) is 0.844. The number of rotatable bonds is 1. The normalized spacial score (nSPS) is 12.1. The maximum Gasteiger partial charge on any atom is 0.128 e. The van der Waals surface area contributed by atoms with Crippen LogP contribution in [-0.4, -0.2) is 0 Å². The molecule has 4 heteroatoms. The standard InChI is InChI=1S/C15H9BrClNO/c16-6-10-4-15-13(5-14(10)17)12-2-1-9(7-18)3-11(12)8-19-15/h1-5H,6,8H2. The highest BCUT2D eigenvalue weighted by Gasteiger charge is 2.19. The van der Waals surface area contributed by atoms with Crippen molar-refractivity contribution < 1.29 is 4.74 Å². The average molecular weight is 335 g/mol. The second-order valence-electron chi connectivity index (χ2n) is 4.35. The molecule has 0 N–H and O–H groups in total. The molecule has 0 fully saturated rings. The molecule has 0 saturated heterocycles. The van der Waals surface area contributed by atoms with Crippen molar-refractivity contribution in [3.05, 3.63) is 52.0 Å². The quantitative estimate of drug-likeness (QED) is 0.710. The highest BCUT2D eigenvalue weighted by Crippen LogP contribution is 2.41. The first-order valence-corrected chi connectivity index (χ1v) is 7.27. The molecule has 0 atom stereocenters. The van der Waals surface area contributed by atoms with Gasteiger partial charge in [0.1, 0.15) is 12.4 Å². The zero-order valence-electron chi connectivity index (χ0n) is 9.91. The Bertz CT molecular complexity index is 706. The molecule has 2 aromatic rings. The van der Waals surface area contributed by atoms with Gasteiger partial charge in [-0.05, 0) is 41.0 Å². The molecule has 2 aromatic carbocycles. The van der Waals surface area contributed by atoms with E-state index in [0.717, 1.165) is 33.0 Å². The monoisotopic (exact) mass is 333 g/mol. The number of nitriles is 1. The lowest BCUT2D eigenvalue weighted by atomic mass is 9.94. The highest BCUT2D eigenvalue weighted by atomic mass is 79.9. The molecule has 0 saturated carbocycles. The Labute approximate surface area is 124 Å². The van der Waals surface area contributed by atoms with E-state index in [1.807, 2.05) is 30.3 Å². The van der Waals surface area contributed by atoms with Crippen LogP contribution in [0.15, 0.2) is 30.3 Å². The van der Waals surface area contributed by atoms with Gasteiger partial charge in [0.2, 0.25) is 0 Å². The summed E-state index contributed by atoms with van der Waals surface area (Å²) in [6.07, 6.45) is 0. The van der Waals surface area contributed by atoms with Crippen LogP contribution < -0.4 is 4.74 Å². The third kappa shape index (κ3) is 2.11. The van der Waals surface area contributed by atoms with Crippen molar-refractivity contribution in [1.29, 1.82) is 5.26 Å². The summed E-state index contributed by atoms with van der Waals surface area (Å²) in [6.45, 7) is 0.487. The van der Waals surface area contributed by atoms with Crippen LogP contribution in [0.5, 0.6) is 5.75 Å². The number of benzene rings is 2. The number of alkyl halides is 1. The first-order chi connectivity index (χ1) is 9.22. The molecule has 1 heterocycles. The van der Waals surface area contributed by atoms with Crippen LogP contribution in [0.25, 0.3) is 11.1 Å². The molecule has 0 radical (unpaired) electrons. The van der Waals surface area contributed by atoms with Crippen LogP contribution in [0.4, 0.5) is 0 Å². The molecule has 19 heavy (non-hydrogen) atoms. The lowest BCUT2D eigenvalue weighted by Gasteiger charge is -2.22. The predicted molar refractivity (Wildman–Crippen MR) is 78.6 cm³/mol. The van der Waals surface area contributed by atoms with Crippen molar-refractivity contribution in [3.63, 3.8) is 0 Å². The summed E-state index contributed by atoms with van der Waals surface area (Å²) in [4.78, 5) is 0. The molecule has 2 nitrogen and oxygen atoms in total. The molecular formula is C15H9BrClNO. The second-order valence-corrected chi connectivity index (χ2v) is 5.31. The second kappa shape index (κ2) is 4.88. The Hall–Kier alpha value is -1.50. The van der Waals surface area contributed by atoms with Gasteiger partial charge in [-0.2, -0.15) is 5.26 Å². The van der Waals surface area contributed by atoms with Crippen LogP contribution in [0.2, 0.25) is 5.02 Å². The maximum atomic E-state index is 8.93. The lowest BCUT2D eigenvalue weighted by Crippen LogP contribution is -2.06. The zero-order chi connectivity index (χ0) is 13.4. The third-order valence-electron chi connectivity index (χ3n) is 3.20. The molecule has 1 aliphatic rings. The minimum atomic E-state index is 0.487. The minimum Gasteiger partial charge on any atom is -0.488 e. The number of hydrogen-bond acceptors (Lipinski definition) is 2. The first-order valence-electron chi connectivity index (χ1n) is 5.77. The molecule has 94 valence electrons. The van der Waals surface area contributed by atoms with Crippen molar-refractivity contribution in [2.75, 3.05) is 0 Å². The first kappa shape index (κ1) is 12.5. The minimum absolute atomic E-state index is 0.487. The number of hydrogen-bond donors (Lipinski definition) is 0. The van der Waals surface area contributed by atoms with E-state index < -0.39 is 0 Å². The predicted octanol–water partition coefficient (Wildman–Crippen LogP) is 4.67. The van der Waals surface area contributed by atoms with E-state index in [4.69, 9.17) is 21.6 Å². The van der Waals surface area contributed by atoms with Gasteiger partial charge in [0.25, 0.3) is 0 Å². The number of nitrogens with zero attached hydrogens (tertiary/aromatic N) is 1. The number of fused-ring (bicyclic) bond motifs is 3. The third-order valence-corrected chi connectivity index (χ3v) is 4.16. The van der Waals surface area contributed by atoms with Gasteiger partial charge in [-0.15, -0.1) is 0 Å². The number of ether oxygens (including phenoxy) is 1.